The van der Waals surface area contributed by atoms with Gasteiger partial charge in [-0.1, -0.05) is 12.1 Å². The maximum absolute atomic E-state index is 12.6. The van der Waals surface area contributed by atoms with E-state index in [4.69, 9.17) is 0 Å². The molecule has 118 valence electrons. The van der Waals surface area contributed by atoms with Gasteiger partial charge in [-0.15, -0.1) is 0 Å². The van der Waals surface area contributed by atoms with Crippen molar-refractivity contribution in [1.82, 2.24) is 14.5 Å². The van der Waals surface area contributed by atoms with Crippen LogP contribution in [0.2, 0.25) is 0 Å². The number of fused-ring (bicyclic) bond motifs is 1. The van der Waals surface area contributed by atoms with Gasteiger partial charge in [0.2, 0.25) is 5.91 Å². The summed E-state index contributed by atoms with van der Waals surface area (Å²) in [5.74, 6) is 0.646. The predicted octanol–water partition coefficient (Wildman–Crippen LogP) is 2.28. The van der Waals surface area contributed by atoms with E-state index in [0.717, 1.165) is 37.0 Å². The van der Waals surface area contributed by atoms with Crippen molar-refractivity contribution in [2.24, 2.45) is 0 Å². The zero-order chi connectivity index (χ0) is 15.7. The molecule has 1 N–H and O–H groups in total. The first-order chi connectivity index (χ1) is 10.5. The Morgan fingerprint density at radius 1 is 1.23 bits per heavy atom. The second-order valence-corrected chi connectivity index (χ2v) is 6.51. The average molecular weight is 301 g/mol. The molecule has 1 aromatic heterocycles. The minimum absolute atomic E-state index is 0.105. The molecule has 0 unspecified atom stereocenters. The lowest BCUT2D eigenvalue weighted by Crippen LogP contribution is -2.38. The third-order valence-corrected chi connectivity index (χ3v) is 4.20. The molecule has 0 atom stereocenters. The van der Waals surface area contributed by atoms with Crippen molar-refractivity contribution in [2.45, 2.75) is 45.3 Å². The number of aliphatic hydroxyl groups is 1. The summed E-state index contributed by atoms with van der Waals surface area (Å²) < 4.78 is 1.85. The summed E-state index contributed by atoms with van der Waals surface area (Å²) in [5, 5.41) is 10.4. The molecular weight excluding hydrogens is 278 g/mol. The number of piperidine rings is 1. The topological polar surface area (TPSA) is 58.4 Å². The second-order valence-electron chi connectivity index (χ2n) is 6.51. The molecule has 3 rings (SSSR count). The summed E-state index contributed by atoms with van der Waals surface area (Å²) >= 11 is 0. The van der Waals surface area contributed by atoms with Crippen LogP contribution in [0.25, 0.3) is 11.0 Å². The van der Waals surface area contributed by atoms with Crippen molar-refractivity contribution in [3.63, 3.8) is 0 Å². The van der Waals surface area contributed by atoms with Gasteiger partial charge in [0.1, 0.15) is 18.0 Å². The summed E-state index contributed by atoms with van der Waals surface area (Å²) in [4.78, 5) is 19.0. The molecule has 22 heavy (non-hydrogen) atoms. The Kier molecular flexibility index (Phi) is 3.91. The quantitative estimate of drug-likeness (QED) is 0.946. The van der Waals surface area contributed by atoms with Crippen LogP contribution in [0.15, 0.2) is 24.3 Å². The number of aromatic nitrogens is 2. The molecule has 1 aliphatic heterocycles. The van der Waals surface area contributed by atoms with Crippen molar-refractivity contribution in [2.75, 3.05) is 13.1 Å². The maximum Gasteiger partial charge on any atom is 0.242 e. The Morgan fingerprint density at radius 3 is 2.59 bits per heavy atom. The van der Waals surface area contributed by atoms with E-state index in [1.54, 1.807) is 13.8 Å². The monoisotopic (exact) mass is 301 g/mol. The molecule has 0 saturated carbocycles. The molecule has 1 fully saturated rings. The van der Waals surface area contributed by atoms with Gasteiger partial charge in [-0.3, -0.25) is 4.79 Å². The third kappa shape index (κ3) is 2.86. The van der Waals surface area contributed by atoms with Gasteiger partial charge in [-0.25, -0.2) is 4.98 Å². The summed E-state index contributed by atoms with van der Waals surface area (Å²) in [6.07, 6.45) is 3.36. The Balaban J connectivity index is 1.96. The Morgan fingerprint density at radius 2 is 1.91 bits per heavy atom. The van der Waals surface area contributed by atoms with Gasteiger partial charge in [0.05, 0.1) is 11.0 Å². The van der Waals surface area contributed by atoms with Crippen LogP contribution in [0.4, 0.5) is 0 Å². The number of para-hydroxylation sites is 2. The molecule has 0 radical (unpaired) electrons. The number of carbonyl (C=O) groups excluding carboxylic acids is 1. The number of benzene rings is 1. The molecule has 1 amide bonds. The van der Waals surface area contributed by atoms with Gasteiger partial charge in [0.15, 0.2) is 0 Å². The fourth-order valence-electron chi connectivity index (χ4n) is 3.08. The van der Waals surface area contributed by atoms with Crippen LogP contribution < -0.4 is 0 Å². The van der Waals surface area contributed by atoms with E-state index in [1.807, 2.05) is 33.7 Å². The molecule has 1 saturated heterocycles. The summed E-state index contributed by atoms with van der Waals surface area (Å²) in [6, 6.07) is 7.70. The van der Waals surface area contributed by atoms with Crippen LogP contribution in [-0.2, 0) is 16.9 Å². The van der Waals surface area contributed by atoms with Gasteiger partial charge in [0.25, 0.3) is 0 Å². The van der Waals surface area contributed by atoms with Crippen molar-refractivity contribution in [3.8, 4) is 0 Å². The van der Waals surface area contributed by atoms with Gasteiger partial charge in [0, 0.05) is 13.1 Å². The molecular formula is C17H23N3O2. The molecule has 0 aliphatic carbocycles. The van der Waals surface area contributed by atoms with Crippen molar-refractivity contribution < 1.29 is 9.90 Å². The molecule has 5 nitrogen and oxygen atoms in total. The van der Waals surface area contributed by atoms with Gasteiger partial charge >= 0.3 is 0 Å². The first kappa shape index (κ1) is 15.0. The summed E-state index contributed by atoms with van der Waals surface area (Å²) in [6.45, 7) is 5.32. The highest BCUT2D eigenvalue weighted by atomic mass is 16.3. The number of nitrogens with zero attached hydrogens (tertiary/aromatic N) is 3. The van der Waals surface area contributed by atoms with Crippen LogP contribution >= 0.6 is 0 Å². The Hall–Kier alpha value is -1.88. The van der Waals surface area contributed by atoms with Crippen LogP contribution in [0.1, 0.15) is 38.9 Å². The SMILES string of the molecule is CC(C)(O)c1nc2ccccc2n1CC(=O)N1CCCCC1. The zero-order valence-corrected chi connectivity index (χ0v) is 13.2. The Bertz CT molecular complexity index is 679. The Labute approximate surface area is 130 Å². The van der Waals surface area contributed by atoms with E-state index in [9.17, 15) is 9.90 Å². The van der Waals surface area contributed by atoms with Crippen molar-refractivity contribution in [3.05, 3.63) is 30.1 Å². The standard InChI is InChI=1S/C17H23N3O2/c1-17(2,22)16-18-13-8-4-5-9-14(13)20(16)12-15(21)19-10-6-3-7-11-19/h4-5,8-9,22H,3,6-7,10-12H2,1-2H3. The highest BCUT2D eigenvalue weighted by molar-refractivity contribution is 5.81. The minimum Gasteiger partial charge on any atom is -0.383 e. The van der Waals surface area contributed by atoms with Crippen molar-refractivity contribution >= 4 is 16.9 Å². The lowest BCUT2D eigenvalue weighted by molar-refractivity contribution is -0.132. The minimum atomic E-state index is -1.08. The number of imidazole rings is 1. The normalized spacial score (nSPS) is 16.2. The van der Waals surface area contributed by atoms with Crippen LogP contribution in [0.5, 0.6) is 0 Å². The van der Waals surface area contributed by atoms with Crippen molar-refractivity contribution in [1.29, 1.82) is 0 Å². The molecule has 0 bridgehead atoms. The molecule has 1 aliphatic rings. The average Bonchev–Trinajstić information content (AvgIpc) is 2.87. The lowest BCUT2D eigenvalue weighted by atomic mass is 10.1. The number of hydrogen-bond donors (Lipinski definition) is 1. The van der Waals surface area contributed by atoms with Crippen LogP contribution in [-0.4, -0.2) is 38.6 Å². The van der Waals surface area contributed by atoms with E-state index < -0.39 is 5.60 Å². The first-order valence-corrected chi connectivity index (χ1v) is 7.93. The predicted molar refractivity (Wildman–Crippen MR) is 85.4 cm³/mol. The van der Waals surface area contributed by atoms with Crippen LogP contribution in [0.3, 0.4) is 0 Å². The van der Waals surface area contributed by atoms with E-state index in [1.165, 1.54) is 6.42 Å². The highest BCUT2D eigenvalue weighted by Crippen LogP contribution is 2.25. The van der Waals surface area contributed by atoms with Gasteiger partial charge in [-0.05, 0) is 45.2 Å². The number of likely N-dealkylation sites (tertiary alicyclic amines) is 1. The largest absolute Gasteiger partial charge is 0.383 e. The number of amides is 1. The van der Waals surface area contributed by atoms with E-state index >= 15 is 0 Å². The number of carbonyl (C=O) groups is 1. The summed E-state index contributed by atoms with van der Waals surface area (Å²) in [7, 11) is 0. The fraction of sp³-hybridized carbons (Fsp3) is 0.529. The molecule has 1 aromatic carbocycles. The number of rotatable bonds is 3. The van der Waals surface area contributed by atoms with E-state index in [2.05, 4.69) is 4.98 Å². The summed E-state index contributed by atoms with van der Waals surface area (Å²) in [5.41, 5.74) is 0.623. The fourth-order valence-corrected chi connectivity index (χ4v) is 3.08. The molecule has 5 heteroatoms. The van der Waals surface area contributed by atoms with Gasteiger partial charge in [-0.2, -0.15) is 0 Å². The molecule has 2 heterocycles. The molecule has 0 spiro atoms. The first-order valence-electron chi connectivity index (χ1n) is 7.93. The lowest BCUT2D eigenvalue weighted by Gasteiger charge is -2.28. The highest BCUT2D eigenvalue weighted by Gasteiger charge is 2.27. The van der Waals surface area contributed by atoms with E-state index in [0.29, 0.717) is 5.82 Å². The smallest absolute Gasteiger partial charge is 0.242 e. The third-order valence-electron chi connectivity index (χ3n) is 4.20. The van der Waals surface area contributed by atoms with Crippen LogP contribution in [0, 0.1) is 0 Å². The number of hydrogen-bond acceptors (Lipinski definition) is 3. The second kappa shape index (κ2) is 5.72. The maximum atomic E-state index is 12.6. The van der Waals surface area contributed by atoms with Gasteiger partial charge < -0.3 is 14.6 Å². The molecule has 2 aromatic rings. The van der Waals surface area contributed by atoms with E-state index in [-0.39, 0.29) is 12.5 Å². The zero-order valence-electron chi connectivity index (χ0n) is 13.2.